The SMILES string of the molecule is CC(C)(N)CNC(=O)c1c(F)cccc1I. The Morgan fingerprint density at radius 2 is 2.19 bits per heavy atom. The molecule has 0 aromatic heterocycles. The first-order valence-corrected chi connectivity index (χ1v) is 5.90. The molecule has 1 aromatic rings. The van der Waals surface area contributed by atoms with Crippen LogP contribution in [0.4, 0.5) is 4.39 Å². The van der Waals surface area contributed by atoms with Gasteiger partial charge in [0.05, 0.1) is 5.56 Å². The third kappa shape index (κ3) is 3.71. The van der Waals surface area contributed by atoms with Gasteiger partial charge in [-0.2, -0.15) is 0 Å². The summed E-state index contributed by atoms with van der Waals surface area (Å²) in [5.41, 5.74) is 5.30. The average molecular weight is 336 g/mol. The minimum Gasteiger partial charge on any atom is -0.350 e. The van der Waals surface area contributed by atoms with Crippen LogP contribution in [0.3, 0.4) is 0 Å². The molecule has 0 saturated carbocycles. The van der Waals surface area contributed by atoms with Gasteiger partial charge in [0.15, 0.2) is 0 Å². The van der Waals surface area contributed by atoms with Crippen molar-refractivity contribution in [3.8, 4) is 0 Å². The Morgan fingerprint density at radius 1 is 1.56 bits per heavy atom. The lowest BCUT2D eigenvalue weighted by Crippen LogP contribution is -2.45. The molecule has 0 atom stereocenters. The van der Waals surface area contributed by atoms with Crippen LogP contribution in [0.25, 0.3) is 0 Å². The number of amides is 1. The van der Waals surface area contributed by atoms with Crippen LogP contribution in [-0.4, -0.2) is 18.0 Å². The number of benzene rings is 1. The highest BCUT2D eigenvalue weighted by atomic mass is 127. The Morgan fingerprint density at radius 3 is 2.69 bits per heavy atom. The highest BCUT2D eigenvalue weighted by Crippen LogP contribution is 2.15. The number of nitrogens with two attached hydrogens (primary N) is 1. The van der Waals surface area contributed by atoms with Gasteiger partial charge in [-0.15, -0.1) is 0 Å². The predicted octanol–water partition coefficient (Wildman–Crippen LogP) is 1.90. The van der Waals surface area contributed by atoms with Crippen molar-refractivity contribution in [1.29, 1.82) is 0 Å². The number of carbonyl (C=O) groups is 1. The van der Waals surface area contributed by atoms with E-state index in [0.717, 1.165) is 0 Å². The minimum atomic E-state index is -0.515. The van der Waals surface area contributed by atoms with Crippen LogP contribution >= 0.6 is 22.6 Å². The molecule has 3 nitrogen and oxygen atoms in total. The van der Waals surface area contributed by atoms with Crippen molar-refractivity contribution in [1.82, 2.24) is 5.32 Å². The molecule has 1 aromatic carbocycles. The fraction of sp³-hybridized carbons (Fsp3) is 0.364. The molecule has 5 heteroatoms. The molecule has 0 saturated heterocycles. The van der Waals surface area contributed by atoms with Gasteiger partial charge < -0.3 is 11.1 Å². The summed E-state index contributed by atoms with van der Waals surface area (Å²) < 4.78 is 14.0. The van der Waals surface area contributed by atoms with Gasteiger partial charge in [0, 0.05) is 15.7 Å². The molecule has 16 heavy (non-hydrogen) atoms. The van der Waals surface area contributed by atoms with Crippen LogP contribution in [0, 0.1) is 9.39 Å². The zero-order chi connectivity index (χ0) is 12.3. The highest BCUT2D eigenvalue weighted by molar-refractivity contribution is 14.1. The maximum Gasteiger partial charge on any atom is 0.255 e. The van der Waals surface area contributed by atoms with Crippen LogP contribution in [0.15, 0.2) is 18.2 Å². The summed E-state index contributed by atoms with van der Waals surface area (Å²) in [6.45, 7) is 3.88. The molecule has 0 aliphatic heterocycles. The molecule has 0 fully saturated rings. The van der Waals surface area contributed by atoms with E-state index < -0.39 is 17.3 Å². The lowest BCUT2D eigenvalue weighted by Gasteiger charge is -2.19. The maximum absolute atomic E-state index is 13.4. The molecule has 0 heterocycles. The lowest BCUT2D eigenvalue weighted by molar-refractivity contribution is 0.0941. The summed E-state index contributed by atoms with van der Waals surface area (Å²) >= 11 is 1.93. The molecule has 0 aliphatic rings. The van der Waals surface area contributed by atoms with Crippen molar-refractivity contribution in [2.75, 3.05) is 6.54 Å². The molecular weight excluding hydrogens is 322 g/mol. The van der Waals surface area contributed by atoms with Crippen LogP contribution in [0.2, 0.25) is 0 Å². The summed E-state index contributed by atoms with van der Waals surface area (Å²) in [5, 5.41) is 2.61. The summed E-state index contributed by atoms with van der Waals surface area (Å²) in [4.78, 5) is 11.7. The molecule has 0 aliphatic carbocycles. The average Bonchev–Trinajstić information content (AvgIpc) is 2.13. The third-order valence-electron chi connectivity index (χ3n) is 1.89. The maximum atomic E-state index is 13.4. The van der Waals surface area contributed by atoms with Crippen LogP contribution in [0.1, 0.15) is 24.2 Å². The van der Waals surface area contributed by atoms with E-state index in [1.165, 1.54) is 6.07 Å². The van der Waals surface area contributed by atoms with Gasteiger partial charge in [-0.3, -0.25) is 4.79 Å². The first-order chi connectivity index (χ1) is 7.31. The molecule has 1 rings (SSSR count). The second-order valence-electron chi connectivity index (χ2n) is 4.27. The normalized spacial score (nSPS) is 11.3. The summed E-state index contributed by atoms with van der Waals surface area (Å²) in [7, 11) is 0. The van der Waals surface area contributed by atoms with Gasteiger partial charge in [-0.25, -0.2) is 4.39 Å². The molecule has 0 radical (unpaired) electrons. The van der Waals surface area contributed by atoms with Gasteiger partial charge in [-0.1, -0.05) is 6.07 Å². The first kappa shape index (κ1) is 13.4. The molecule has 3 N–H and O–H groups in total. The van der Waals surface area contributed by atoms with Crippen molar-refractivity contribution in [2.45, 2.75) is 19.4 Å². The Hall–Kier alpha value is -0.690. The fourth-order valence-corrected chi connectivity index (χ4v) is 1.82. The van der Waals surface area contributed by atoms with Crippen molar-refractivity contribution in [3.05, 3.63) is 33.1 Å². The topological polar surface area (TPSA) is 55.1 Å². The Balaban J connectivity index is 2.81. The number of hydrogen-bond donors (Lipinski definition) is 2. The Kier molecular flexibility index (Phi) is 4.26. The number of carbonyl (C=O) groups excluding carboxylic acids is 1. The summed E-state index contributed by atoms with van der Waals surface area (Å²) in [6.07, 6.45) is 0. The summed E-state index contributed by atoms with van der Waals surface area (Å²) in [6, 6.07) is 4.53. The van der Waals surface area contributed by atoms with Gasteiger partial charge in [0.2, 0.25) is 0 Å². The highest BCUT2D eigenvalue weighted by Gasteiger charge is 2.17. The lowest BCUT2D eigenvalue weighted by atomic mass is 10.1. The van der Waals surface area contributed by atoms with E-state index in [-0.39, 0.29) is 5.56 Å². The molecule has 1 amide bonds. The van der Waals surface area contributed by atoms with E-state index in [0.29, 0.717) is 10.1 Å². The number of nitrogens with one attached hydrogen (secondary N) is 1. The van der Waals surface area contributed by atoms with E-state index in [2.05, 4.69) is 5.32 Å². The van der Waals surface area contributed by atoms with Crippen LogP contribution < -0.4 is 11.1 Å². The zero-order valence-electron chi connectivity index (χ0n) is 9.18. The largest absolute Gasteiger partial charge is 0.350 e. The molecule has 0 unspecified atom stereocenters. The van der Waals surface area contributed by atoms with Crippen molar-refractivity contribution < 1.29 is 9.18 Å². The summed E-state index contributed by atoms with van der Waals surface area (Å²) in [5.74, 6) is -0.944. The van der Waals surface area contributed by atoms with Gasteiger partial charge in [0.25, 0.3) is 5.91 Å². The number of halogens is 2. The first-order valence-electron chi connectivity index (χ1n) is 4.82. The van der Waals surface area contributed by atoms with E-state index >= 15 is 0 Å². The molecule has 0 bridgehead atoms. The second kappa shape index (κ2) is 5.09. The molecule has 0 spiro atoms. The van der Waals surface area contributed by atoms with Crippen molar-refractivity contribution in [2.24, 2.45) is 5.73 Å². The van der Waals surface area contributed by atoms with Crippen LogP contribution in [-0.2, 0) is 0 Å². The van der Waals surface area contributed by atoms with E-state index in [1.807, 2.05) is 22.6 Å². The quantitative estimate of drug-likeness (QED) is 0.829. The molecular formula is C11H14FIN2O. The van der Waals surface area contributed by atoms with E-state index in [1.54, 1.807) is 26.0 Å². The predicted molar refractivity (Wildman–Crippen MR) is 69.7 cm³/mol. The third-order valence-corrected chi connectivity index (χ3v) is 2.79. The smallest absolute Gasteiger partial charge is 0.255 e. The second-order valence-corrected chi connectivity index (χ2v) is 5.43. The van der Waals surface area contributed by atoms with Crippen molar-refractivity contribution >= 4 is 28.5 Å². The monoisotopic (exact) mass is 336 g/mol. The van der Waals surface area contributed by atoms with Gasteiger partial charge in [0.1, 0.15) is 5.82 Å². The Bertz CT molecular complexity index is 381. The standard InChI is InChI=1S/C11H14FIN2O/c1-11(2,14)6-15-10(16)9-7(12)4-3-5-8(9)13/h3-5H,6,14H2,1-2H3,(H,15,16). The molecule has 88 valence electrons. The van der Waals surface area contributed by atoms with Crippen molar-refractivity contribution in [3.63, 3.8) is 0 Å². The van der Waals surface area contributed by atoms with E-state index in [9.17, 15) is 9.18 Å². The number of rotatable bonds is 3. The fourth-order valence-electron chi connectivity index (χ4n) is 1.11. The minimum absolute atomic E-state index is 0.0763. The zero-order valence-corrected chi connectivity index (χ0v) is 11.3. The van der Waals surface area contributed by atoms with Gasteiger partial charge in [-0.05, 0) is 48.6 Å². The number of hydrogen-bond acceptors (Lipinski definition) is 2. The van der Waals surface area contributed by atoms with Gasteiger partial charge >= 0.3 is 0 Å². The van der Waals surface area contributed by atoms with E-state index in [4.69, 9.17) is 5.73 Å². The Labute approximate surface area is 108 Å². The van der Waals surface area contributed by atoms with Crippen LogP contribution in [0.5, 0.6) is 0 Å².